The van der Waals surface area contributed by atoms with E-state index in [4.69, 9.17) is 5.73 Å². The quantitative estimate of drug-likeness (QED) is 0.831. The second-order valence-corrected chi connectivity index (χ2v) is 6.74. The van der Waals surface area contributed by atoms with Gasteiger partial charge in [-0.25, -0.2) is 0 Å². The van der Waals surface area contributed by atoms with Gasteiger partial charge in [0, 0.05) is 19.6 Å². The summed E-state index contributed by atoms with van der Waals surface area (Å²) in [5, 5.41) is 0. The molecule has 2 rings (SSSR count). The summed E-state index contributed by atoms with van der Waals surface area (Å²) in [4.78, 5) is 17.1. The molecule has 1 amide bonds. The van der Waals surface area contributed by atoms with E-state index in [-0.39, 0.29) is 30.7 Å². The highest BCUT2D eigenvalue weighted by Gasteiger charge is 2.37. The van der Waals surface area contributed by atoms with Crippen molar-refractivity contribution in [2.45, 2.75) is 32.2 Å². The van der Waals surface area contributed by atoms with E-state index in [9.17, 15) is 4.79 Å². The van der Waals surface area contributed by atoms with Crippen LogP contribution in [0.2, 0.25) is 0 Å². The zero-order chi connectivity index (χ0) is 16.2. The molecule has 1 aliphatic rings. The fourth-order valence-electron chi connectivity index (χ4n) is 3.32. The van der Waals surface area contributed by atoms with Gasteiger partial charge < -0.3 is 15.5 Å². The van der Waals surface area contributed by atoms with Crippen LogP contribution >= 0.6 is 24.8 Å². The monoisotopic (exact) mass is 375 g/mol. The van der Waals surface area contributed by atoms with Crippen molar-refractivity contribution in [3.63, 3.8) is 0 Å². The Morgan fingerprint density at radius 1 is 1.33 bits per heavy atom. The van der Waals surface area contributed by atoms with Gasteiger partial charge in [0.2, 0.25) is 5.91 Å². The van der Waals surface area contributed by atoms with Crippen LogP contribution in [-0.2, 0) is 10.3 Å². The summed E-state index contributed by atoms with van der Waals surface area (Å²) in [6, 6.07) is 9.67. The van der Waals surface area contributed by atoms with Crippen molar-refractivity contribution in [1.29, 1.82) is 0 Å². The van der Waals surface area contributed by atoms with Crippen molar-refractivity contribution in [1.82, 2.24) is 9.80 Å². The Balaban J connectivity index is 0.00000264. The van der Waals surface area contributed by atoms with Crippen LogP contribution < -0.4 is 5.73 Å². The fraction of sp³-hybridized carbons (Fsp3) is 0.611. The number of nitrogens with two attached hydrogens (primary N) is 1. The van der Waals surface area contributed by atoms with Gasteiger partial charge in [0.15, 0.2) is 0 Å². The molecule has 1 aromatic carbocycles. The minimum absolute atomic E-state index is 0. The Morgan fingerprint density at radius 2 is 1.96 bits per heavy atom. The van der Waals surface area contributed by atoms with E-state index in [1.54, 1.807) is 0 Å². The predicted molar refractivity (Wildman–Crippen MR) is 105 cm³/mol. The molecule has 1 fully saturated rings. The van der Waals surface area contributed by atoms with Crippen molar-refractivity contribution >= 4 is 30.7 Å². The van der Waals surface area contributed by atoms with Gasteiger partial charge in [-0.3, -0.25) is 4.79 Å². The van der Waals surface area contributed by atoms with E-state index >= 15 is 0 Å². The third kappa shape index (κ3) is 5.62. The summed E-state index contributed by atoms with van der Waals surface area (Å²) >= 11 is 0. The van der Waals surface area contributed by atoms with Crippen molar-refractivity contribution in [2.75, 3.05) is 33.2 Å². The topological polar surface area (TPSA) is 49.6 Å². The van der Waals surface area contributed by atoms with E-state index in [0.717, 1.165) is 38.2 Å². The van der Waals surface area contributed by atoms with E-state index in [1.165, 1.54) is 6.42 Å². The smallest absolute Gasteiger partial charge is 0.246 e. The number of nitrogens with zero attached hydrogens (tertiary/aromatic N) is 2. The van der Waals surface area contributed by atoms with Crippen LogP contribution in [0.4, 0.5) is 0 Å². The number of carbonyl (C=O) groups is 1. The van der Waals surface area contributed by atoms with Gasteiger partial charge in [-0.15, -0.1) is 24.8 Å². The molecule has 1 saturated heterocycles. The summed E-state index contributed by atoms with van der Waals surface area (Å²) in [5.41, 5.74) is 6.30. The van der Waals surface area contributed by atoms with Gasteiger partial charge in [-0.1, -0.05) is 37.3 Å². The highest BCUT2D eigenvalue weighted by atomic mass is 35.5. The van der Waals surface area contributed by atoms with Crippen molar-refractivity contribution in [2.24, 2.45) is 11.7 Å². The Bertz CT molecular complexity index is 496. The molecule has 0 radical (unpaired) electrons. The molecule has 0 spiro atoms. The van der Waals surface area contributed by atoms with Crippen LogP contribution in [0.15, 0.2) is 30.3 Å². The summed E-state index contributed by atoms with van der Waals surface area (Å²) in [6.45, 7) is 7.84. The van der Waals surface area contributed by atoms with Crippen LogP contribution in [0.25, 0.3) is 0 Å². The summed E-state index contributed by atoms with van der Waals surface area (Å²) in [5.74, 6) is 0.603. The maximum absolute atomic E-state index is 12.8. The molecule has 6 heteroatoms. The standard InChI is InChI=1S/C18H29N3O.2ClH/c1-4-11-20(3)13-15-10-12-21(14-15)17(22)18(2,19)16-8-6-5-7-9-16;;/h5-9,15H,4,10-14,19H2,1-3H3;2*1H. The zero-order valence-electron chi connectivity index (χ0n) is 14.9. The van der Waals surface area contributed by atoms with E-state index in [0.29, 0.717) is 5.92 Å². The number of halogens is 2. The van der Waals surface area contributed by atoms with Crippen LogP contribution in [-0.4, -0.2) is 48.9 Å². The lowest BCUT2D eigenvalue weighted by atomic mass is 9.92. The average molecular weight is 376 g/mol. The van der Waals surface area contributed by atoms with Gasteiger partial charge in [-0.2, -0.15) is 0 Å². The van der Waals surface area contributed by atoms with Crippen LogP contribution in [0, 0.1) is 5.92 Å². The summed E-state index contributed by atoms with van der Waals surface area (Å²) in [7, 11) is 2.16. The fourth-order valence-corrected chi connectivity index (χ4v) is 3.32. The first-order chi connectivity index (χ1) is 10.4. The lowest BCUT2D eigenvalue weighted by molar-refractivity contribution is -0.135. The predicted octanol–water partition coefficient (Wildman–Crippen LogP) is 2.89. The second-order valence-electron chi connectivity index (χ2n) is 6.74. The zero-order valence-corrected chi connectivity index (χ0v) is 16.5. The summed E-state index contributed by atoms with van der Waals surface area (Å²) < 4.78 is 0. The molecule has 0 aliphatic carbocycles. The van der Waals surface area contributed by atoms with Gasteiger partial charge in [0.05, 0.1) is 0 Å². The van der Waals surface area contributed by atoms with E-state index < -0.39 is 5.54 Å². The Morgan fingerprint density at radius 3 is 2.54 bits per heavy atom. The van der Waals surface area contributed by atoms with Crippen molar-refractivity contribution < 1.29 is 4.79 Å². The number of hydrogen-bond donors (Lipinski definition) is 1. The third-order valence-corrected chi connectivity index (χ3v) is 4.57. The highest BCUT2D eigenvalue weighted by molar-refractivity contribution is 5.87. The van der Waals surface area contributed by atoms with Crippen LogP contribution in [0.5, 0.6) is 0 Å². The molecular formula is C18H31Cl2N3O. The Labute approximate surface area is 158 Å². The molecular weight excluding hydrogens is 345 g/mol. The minimum atomic E-state index is -0.939. The number of rotatable bonds is 6. The number of likely N-dealkylation sites (tertiary alicyclic amines) is 1. The highest BCUT2D eigenvalue weighted by Crippen LogP contribution is 2.25. The van der Waals surface area contributed by atoms with E-state index in [2.05, 4.69) is 18.9 Å². The minimum Gasteiger partial charge on any atom is -0.340 e. The first-order valence-electron chi connectivity index (χ1n) is 8.27. The largest absolute Gasteiger partial charge is 0.340 e. The maximum atomic E-state index is 12.8. The average Bonchev–Trinajstić information content (AvgIpc) is 2.95. The molecule has 2 atom stereocenters. The molecule has 0 bridgehead atoms. The molecule has 138 valence electrons. The van der Waals surface area contributed by atoms with Crippen molar-refractivity contribution in [3.05, 3.63) is 35.9 Å². The molecule has 0 aromatic heterocycles. The molecule has 2 N–H and O–H groups in total. The number of carbonyl (C=O) groups excluding carboxylic acids is 1. The molecule has 1 aromatic rings. The normalized spacial score (nSPS) is 19.4. The first-order valence-corrected chi connectivity index (χ1v) is 8.27. The number of hydrogen-bond acceptors (Lipinski definition) is 3. The van der Waals surface area contributed by atoms with Gasteiger partial charge >= 0.3 is 0 Å². The Kier molecular flexibility index (Phi) is 9.90. The molecule has 1 aliphatic heterocycles. The lowest BCUT2D eigenvalue weighted by Crippen LogP contribution is -2.50. The van der Waals surface area contributed by atoms with Gasteiger partial charge in [0.25, 0.3) is 0 Å². The summed E-state index contributed by atoms with van der Waals surface area (Å²) in [6.07, 6.45) is 2.24. The first kappa shape index (κ1) is 23.2. The van der Waals surface area contributed by atoms with E-state index in [1.807, 2.05) is 42.2 Å². The van der Waals surface area contributed by atoms with Crippen molar-refractivity contribution in [3.8, 4) is 0 Å². The second kappa shape index (κ2) is 10.2. The van der Waals surface area contributed by atoms with Gasteiger partial charge in [-0.05, 0) is 44.8 Å². The number of benzene rings is 1. The lowest BCUT2D eigenvalue weighted by Gasteiger charge is -2.30. The SMILES string of the molecule is CCCN(C)CC1CCN(C(=O)C(C)(N)c2ccccc2)C1.Cl.Cl. The number of amides is 1. The molecule has 0 saturated carbocycles. The third-order valence-electron chi connectivity index (χ3n) is 4.57. The molecule has 4 nitrogen and oxygen atoms in total. The van der Waals surface area contributed by atoms with Crippen LogP contribution in [0.3, 0.4) is 0 Å². The Hall–Kier alpha value is -0.810. The molecule has 1 heterocycles. The maximum Gasteiger partial charge on any atom is 0.246 e. The van der Waals surface area contributed by atoms with Crippen LogP contribution in [0.1, 0.15) is 32.3 Å². The van der Waals surface area contributed by atoms with Gasteiger partial charge in [0.1, 0.15) is 5.54 Å². The molecule has 2 unspecified atom stereocenters. The molecule has 24 heavy (non-hydrogen) atoms.